The molecule has 4 heteroatoms. The summed E-state index contributed by atoms with van der Waals surface area (Å²) < 4.78 is 5.22. The molecule has 2 N–H and O–H groups in total. The minimum atomic E-state index is -0.390. The fourth-order valence-electron chi connectivity index (χ4n) is 2.92. The molecule has 3 rings (SSSR count). The zero-order valence-corrected chi connectivity index (χ0v) is 9.79. The first-order valence-corrected chi connectivity index (χ1v) is 5.86. The molecule has 1 aliphatic heterocycles. The first kappa shape index (κ1) is 10.4. The second-order valence-electron chi connectivity index (χ2n) is 4.49. The van der Waals surface area contributed by atoms with Crippen molar-refractivity contribution in [3.8, 4) is 5.75 Å². The average molecular weight is 240 g/mol. The lowest BCUT2D eigenvalue weighted by Gasteiger charge is -2.11. The maximum Gasteiger partial charge on any atom is 0.137 e. The van der Waals surface area contributed by atoms with Crippen LogP contribution in [0, 0.1) is 5.92 Å². The van der Waals surface area contributed by atoms with E-state index in [2.05, 4.69) is 5.32 Å². The number of rotatable bonds is 1. The quantitative estimate of drug-likeness (QED) is 0.784. The molecule has 1 aromatic rings. The largest absolute Gasteiger partial charge is 0.495 e. The zero-order chi connectivity index (χ0) is 11.3. The summed E-state index contributed by atoms with van der Waals surface area (Å²) in [6, 6.07) is 3.82. The normalized spacial score (nSPS) is 31.3. The van der Waals surface area contributed by atoms with Crippen LogP contribution in [0.4, 0.5) is 0 Å². The third-order valence-electron chi connectivity index (χ3n) is 3.74. The van der Waals surface area contributed by atoms with Gasteiger partial charge in [-0.1, -0.05) is 11.6 Å². The Morgan fingerprint density at radius 1 is 1.38 bits per heavy atom. The maximum atomic E-state index is 10.2. The second-order valence-corrected chi connectivity index (χ2v) is 4.90. The van der Waals surface area contributed by atoms with E-state index >= 15 is 0 Å². The van der Waals surface area contributed by atoms with Gasteiger partial charge in [0.25, 0.3) is 0 Å². The van der Waals surface area contributed by atoms with E-state index < -0.39 is 6.10 Å². The number of hydrogen-bond donors (Lipinski definition) is 2. The summed E-state index contributed by atoms with van der Waals surface area (Å²) in [5, 5.41) is 14.1. The van der Waals surface area contributed by atoms with Gasteiger partial charge >= 0.3 is 0 Å². The molecule has 1 aromatic carbocycles. The number of halogens is 1. The van der Waals surface area contributed by atoms with Crippen molar-refractivity contribution >= 4 is 11.6 Å². The summed E-state index contributed by atoms with van der Waals surface area (Å²) in [5.41, 5.74) is 2.16. The van der Waals surface area contributed by atoms with E-state index in [4.69, 9.17) is 16.3 Å². The molecule has 0 aromatic heterocycles. The molecule has 0 spiro atoms. The fourth-order valence-corrected chi connectivity index (χ4v) is 3.17. The van der Waals surface area contributed by atoms with Crippen molar-refractivity contribution in [1.82, 2.24) is 5.32 Å². The Morgan fingerprint density at radius 2 is 2.19 bits per heavy atom. The molecule has 3 nitrogen and oxygen atoms in total. The average Bonchev–Trinajstić information content (AvgIpc) is 2.83. The minimum absolute atomic E-state index is 0.290. The number of nitrogens with one attached hydrogen (secondary N) is 1. The van der Waals surface area contributed by atoms with E-state index in [0.29, 0.717) is 16.7 Å². The molecular formula is C12H14ClNO2. The first-order chi connectivity index (χ1) is 7.72. The predicted octanol–water partition coefficient (Wildman–Crippen LogP) is 1.70. The van der Waals surface area contributed by atoms with Crippen molar-refractivity contribution in [3.63, 3.8) is 0 Å². The SMILES string of the molecule is COc1cc2c(cc1Cl)C(O)C1CNCC21. The number of aliphatic hydroxyl groups excluding tert-OH is 1. The van der Waals surface area contributed by atoms with Gasteiger partial charge in [-0.2, -0.15) is 0 Å². The van der Waals surface area contributed by atoms with Gasteiger partial charge in [0.15, 0.2) is 0 Å². The Bertz CT molecular complexity index is 435. The molecule has 0 saturated carbocycles. The fraction of sp³-hybridized carbons (Fsp3) is 0.500. The molecule has 1 saturated heterocycles. The standard InChI is InChI=1S/C12H14ClNO2/c1-16-11-3-6-7(2-10(11)13)12(15)9-5-14-4-8(6)9/h2-3,8-9,12,14-15H,4-5H2,1H3. The van der Waals surface area contributed by atoms with Crippen LogP contribution in [-0.4, -0.2) is 25.3 Å². The molecule has 1 aliphatic carbocycles. The third kappa shape index (κ3) is 1.29. The molecule has 1 heterocycles. The molecule has 2 aliphatic rings. The zero-order valence-electron chi connectivity index (χ0n) is 9.03. The molecular weight excluding hydrogens is 226 g/mol. The summed E-state index contributed by atoms with van der Waals surface area (Å²) in [7, 11) is 1.61. The Balaban J connectivity index is 2.12. The van der Waals surface area contributed by atoms with E-state index in [-0.39, 0.29) is 5.92 Å². The molecule has 16 heavy (non-hydrogen) atoms. The van der Waals surface area contributed by atoms with Gasteiger partial charge in [-0.25, -0.2) is 0 Å². The number of benzene rings is 1. The van der Waals surface area contributed by atoms with Crippen LogP contribution in [0.5, 0.6) is 5.75 Å². The van der Waals surface area contributed by atoms with Crippen LogP contribution >= 0.6 is 11.6 Å². The van der Waals surface area contributed by atoms with Crippen LogP contribution < -0.4 is 10.1 Å². The molecule has 0 radical (unpaired) electrons. The van der Waals surface area contributed by atoms with E-state index in [1.807, 2.05) is 12.1 Å². The smallest absolute Gasteiger partial charge is 0.137 e. The molecule has 86 valence electrons. The van der Waals surface area contributed by atoms with Gasteiger partial charge in [0.1, 0.15) is 5.75 Å². The van der Waals surface area contributed by atoms with E-state index in [0.717, 1.165) is 18.7 Å². The highest BCUT2D eigenvalue weighted by atomic mass is 35.5. The molecule has 0 bridgehead atoms. The van der Waals surface area contributed by atoms with Crippen molar-refractivity contribution in [1.29, 1.82) is 0 Å². The predicted molar refractivity (Wildman–Crippen MR) is 62.1 cm³/mol. The van der Waals surface area contributed by atoms with Crippen LogP contribution in [0.3, 0.4) is 0 Å². The molecule has 1 fully saturated rings. The van der Waals surface area contributed by atoms with Crippen molar-refractivity contribution in [2.75, 3.05) is 20.2 Å². The third-order valence-corrected chi connectivity index (χ3v) is 4.04. The molecule has 0 amide bonds. The van der Waals surface area contributed by atoms with Gasteiger partial charge in [-0.3, -0.25) is 0 Å². The van der Waals surface area contributed by atoms with Crippen molar-refractivity contribution < 1.29 is 9.84 Å². The summed E-state index contributed by atoms with van der Waals surface area (Å²) >= 11 is 6.08. The topological polar surface area (TPSA) is 41.5 Å². The summed E-state index contributed by atoms with van der Waals surface area (Å²) in [6.45, 7) is 1.81. The van der Waals surface area contributed by atoms with Gasteiger partial charge in [-0.15, -0.1) is 0 Å². The van der Waals surface area contributed by atoms with Crippen molar-refractivity contribution in [2.45, 2.75) is 12.0 Å². The van der Waals surface area contributed by atoms with Gasteiger partial charge in [0.2, 0.25) is 0 Å². The highest BCUT2D eigenvalue weighted by Gasteiger charge is 2.43. The maximum absolute atomic E-state index is 10.2. The highest BCUT2D eigenvalue weighted by Crippen LogP contribution is 2.49. The van der Waals surface area contributed by atoms with E-state index in [1.165, 1.54) is 5.56 Å². The van der Waals surface area contributed by atoms with Gasteiger partial charge in [0, 0.05) is 24.9 Å². The first-order valence-electron chi connectivity index (χ1n) is 5.48. The number of fused-ring (bicyclic) bond motifs is 3. The van der Waals surface area contributed by atoms with Crippen LogP contribution in [0.25, 0.3) is 0 Å². The number of ether oxygens (including phenoxy) is 1. The number of methoxy groups -OCH3 is 1. The minimum Gasteiger partial charge on any atom is -0.495 e. The lowest BCUT2D eigenvalue weighted by molar-refractivity contribution is 0.126. The lowest BCUT2D eigenvalue weighted by Crippen LogP contribution is -2.14. The van der Waals surface area contributed by atoms with Crippen LogP contribution in [0.15, 0.2) is 12.1 Å². The van der Waals surface area contributed by atoms with E-state index in [9.17, 15) is 5.11 Å². The molecule has 3 unspecified atom stereocenters. The van der Waals surface area contributed by atoms with Gasteiger partial charge in [0.05, 0.1) is 18.2 Å². The Labute approximate surface area is 99.4 Å². The van der Waals surface area contributed by atoms with Gasteiger partial charge < -0.3 is 15.2 Å². The highest BCUT2D eigenvalue weighted by molar-refractivity contribution is 6.32. The summed E-state index contributed by atoms with van der Waals surface area (Å²) in [5.74, 6) is 1.38. The Morgan fingerprint density at radius 3 is 2.94 bits per heavy atom. The Hall–Kier alpha value is -0.770. The number of hydrogen-bond acceptors (Lipinski definition) is 3. The van der Waals surface area contributed by atoms with Crippen LogP contribution in [-0.2, 0) is 0 Å². The Kier molecular flexibility index (Phi) is 2.35. The summed E-state index contributed by atoms with van der Waals surface area (Å²) in [4.78, 5) is 0. The summed E-state index contributed by atoms with van der Waals surface area (Å²) in [6.07, 6.45) is -0.390. The van der Waals surface area contributed by atoms with Crippen LogP contribution in [0.2, 0.25) is 5.02 Å². The lowest BCUT2D eigenvalue weighted by atomic mass is 9.96. The van der Waals surface area contributed by atoms with Crippen molar-refractivity contribution in [2.24, 2.45) is 5.92 Å². The van der Waals surface area contributed by atoms with E-state index in [1.54, 1.807) is 7.11 Å². The molecule has 3 atom stereocenters. The van der Waals surface area contributed by atoms with Crippen molar-refractivity contribution in [3.05, 3.63) is 28.3 Å². The second kappa shape index (κ2) is 3.62. The monoisotopic (exact) mass is 239 g/mol. The number of aliphatic hydroxyl groups is 1. The van der Waals surface area contributed by atoms with Gasteiger partial charge in [-0.05, 0) is 23.3 Å². The van der Waals surface area contributed by atoms with Crippen LogP contribution in [0.1, 0.15) is 23.1 Å².